The van der Waals surface area contributed by atoms with Gasteiger partial charge in [0.05, 0.1) is 12.7 Å². The molecule has 1 aliphatic heterocycles. The Hall–Kier alpha value is -0.0400. The van der Waals surface area contributed by atoms with Crippen molar-refractivity contribution in [3.8, 4) is 0 Å². The van der Waals surface area contributed by atoms with Crippen LogP contribution in [0.4, 0.5) is 0 Å². The average Bonchev–Trinajstić information content (AvgIpc) is 1.80. The highest BCUT2D eigenvalue weighted by Crippen LogP contribution is 2.48. The van der Waals surface area contributed by atoms with Crippen LogP contribution in [-0.2, 0) is 4.74 Å². The van der Waals surface area contributed by atoms with Gasteiger partial charge >= 0.3 is 0 Å². The molecule has 0 N–H and O–H groups in total. The highest BCUT2D eigenvalue weighted by Gasteiger charge is 2.49. The molecule has 0 aromatic heterocycles. The summed E-state index contributed by atoms with van der Waals surface area (Å²) >= 11 is 0. The van der Waals surface area contributed by atoms with Gasteiger partial charge in [-0.05, 0) is 12.3 Å². The Kier molecular flexibility index (Phi) is 1.59. The van der Waals surface area contributed by atoms with Gasteiger partial charge < -0.3 is 4.74 Å². The van der Waals surface area contributed by atoms with Crippen LogP contribution < -0.4 is 0 Å². The van der Waals surface area contributed by atoms with Crippen molar-refractivity contribution in [2.45, 2.75) is 40.7 Å². The second-order valence-corrected chi connectivity index (χ2v) is 4.62. The van der Waals surface area contributed by atoms with Gasteiger partial charge in [-0.2, -0.15) is 0 Å². The van der Waals surface area contributed by atoms with Gasteiger partial charge in [-0.25, -0.2) is 0 Å². The second kappa shape index (κ2) is 1.97. The first-order valence-corrected chi connectivity index (χ1v) is 3.99. The van der Waals surface area contributed by atoms with E-state index >= 15 is 0 Å². The highest BCUT2D eigenvalue weighted by molar-refractivity contribution is 4.96. The fourth-order valence-corrected chi connectivity index (χ4v) is 1.33. The quantitative estimate of drug-likeness (QED) is 0.505. The lowest BCUT2D eigenvalue weighted by Crippen LogP contribution is -2.55. The molecule has 0 aliphatic carbocycles. The van der Waals surface area contributed by atoms with Crippen molar-refractivity contribution in [1.29, 1.82) is 0 Å². The van der Waals surface area contributed by atoms with Crippen LogP contribution in [0.2, 0.25) is 0 Å². The van der Waals surface area contributed by atoms with E-state index in [1.165, 1.54) is 0 Å². The third-order valence-electron chi connectivity index (χ3n) is 3.24. The lowest BCUT2D eigenvalue weighted by Gasteiger charge is -2.53. The maximum atomic E-state index is 5.37. The van der Waals surface area contributed by atoms with E-state index in [1.807, 2.05) is 0 Å². The van der Waals surface area contributed by atoms with Crippen molar-refractivity contribution in [3.63, 3.8) is 0 Å². The van der Waals surface area contributed by atoms with Gasteiger partial charge in [-0.3, -0.25) is 0 Å². The Morgan fingerprint density at radius 2 is 1.90 bits per heavy atom. The van der Waals surface area contributed by atoms with Gasteiger partial charge in [0, 0.05) is 5.41 Å². The van der Waals surface area contributed by atoms with E-state index in [2.05, 4.69) is 34.6 Å². The van der Waals surface area contributed by atoms with Crippen LogP contribution in [0.3, 0.4) is 0 Å². The zero-order chi connectivity index (χ0) is 7.99. The molecule has 0 bridgehead atoms. The van der Waals surface area contributed by atoms with Gasteiger partial charge in [0.15, 0.2) is 0 Å². The first-order chi connectivity index (χ1) is 4.38. The van der Waals surface area contributed by atoms with Crippen molar-refractivity contribution in [2.75, 3.05) is 6.61 Å². The third-order valence-corrected chi connectivity index (χ3v) is 3.24. The van der Waals surface area contributed by atoms with Crippen LogP contribution in [0, 0.1) is 10.8 Å². The molecule has 60 valence electrons. The molecule has 1 aliphatic rings. The van der Waals surface area contributed by atoms with Crippen LogP contribution in [-0.4, -0.2) is 12.7 Å². The number of hydrogen-bond acceptors (Lipinski definition) is 1. The first-order valence-electron chi connectivity index (χ1n) is 3.99. The lowest BCUT2D eigenvalue weighted by atomic mass is 9.62. The van der Waals surface area contributed by atoms with E-state index in [4.69, 9.17) is 4.74 Å². The second-order valence-electron chi connectivity index (χ2n) is 4.62. The van der Waals surface area contributed by atoms with Crippen LogP contribution in [0.1, 0.15) is 34.6 Å². The topological polar surface area (TPSA) is 9.23 Å². The summed E-state index contributed by atoms with van der Waals surface area (Å²) in [5.41, 5.74) is 0.775. The molecule has 2 atom stereocenters. The van der Waals surface area contributed by atoms with E-state index in [0.717, 1.165) is 6.61 Å². The fourth-order valence-electron chi connectivity index (χ4n) is 1.33. The predicted octanol–water partition coefficient (Wildman–Crippen LogP) is 2.46. The summed E-state index contributed by atoms with van der Waals surface area (Å²) in [6, 6.07) is 0. The molecule has 0 aromatic rings. The fraction of sp³-hybridized carbons (Fsp3) is 1.00. The monoisotopic (exact) mass is 142 g/mol. The van der Waals surface area contributed by atoms with Crippen molar-refractivity contribution >= 4 is 0 Å². The molecular formula is C9H18O. The molecule has 1 heteroatoms. The van der Waals surface area contributed by atoms with Crippen molar-refractivity contribution in [3.05, 3.63) is 0 Å². The van der Waals surface area contributed by atoms with Gasteiger partial charge in [0.2, 0.25) is 0 Å². The molecule has 0 saturated carbocycles. The number of ether oxygens (including phenoxy) is 1. The normalized spacial score (nSPS) is 41.1. The Balaban J connectivity index is 2.70. The van der Waals surface area contributed by atoms with Crippen molar-refractivity contribution < 1.29 is 4.74 Å². The molecule has 0 spiro atoms. The number of hydrogen-bond donors (Lipinski definition) is 0. The first kappa shape index (κ1) is 8.06. The molecule has 10 heavy (non-hydrogen) atoms. The van der Waals surface area contributed by atoms with Crippen molar-refractivity contribution in [1.82, 2.24) is 0 Å². The SMILES string of the molecule is CC1OCC1(C)C(C)(C)C. The summed E-state index contributed by atoms with van der Waals surface area (Å²) in [7, 11) is 0. The largest absolute Gasteiger partial charge is 0.377 e. The minimum Gasteiger partial charge on any atom is -0.377 e. The average molecular weight is 142 g/mol. The standard InChI is InChI=1S/C9H18O/c1-7-9(5,6-10-7)8(2,3)4/h7H,6H2,1-5H3. The summed E-state index contributed by atoms with van der Waals surface area (Å²) < 4.78 is 5.37. The zero-order valence-electron chi connectivity index (χ0n) is 7.69. The molecule has 0 radical (unpaired) electrons. The Labute approximate surface area is 63.8 Å². The van der Waals surface area contributed by atoms with Crippen LogP contribution >= 0.6 is 0 Å². The molecular weight excluding hydrogens is 124 g/mol. The Morgan fingerprint density at radius 1 is 1.40 bits per heavy atom. The predicted molar refractivity (Wildman–Crippen MR) is 43.0 cm³/mol. The smallest absolute Gasteiger partial charge is 0.0627 e. The summed E-state index contributed by atoms with van der Waals surface area (Å²) in [5.74, 6) is 0. The molecule has 1 rings (SSSR count). The van der Waals surface area contributed by atoms with Gasteiger partial charge in [0.1, 0.15) is 0 Å². The Morgan fingerprint density at radius 3 is 1.90 bits per heavy atom. The molecule has 0 aromatic carbocycles. The summed E-state index contributed by atoms with van der Waals surface area (Å²) in [4.78, 5) is 0. The molecule has 1 heterocycles. The molecule has 2 unspecified atom stereocenters. The van der Waals surface area contributed by atoms with Gasteiger partial charge in [-0.1, -0.05) is 27.7 Å². The molecule has 0 amide bonds. The third kappa shape index (κ3) is 0.878. The molecule has 1 saturated heterocycles. The Bertz CT molecular complexity index is 134. The van der Waals surface area contributed by atoms with Crippen LogP contribution in [0.25, 0.3) is 0 Å². The maximum absolute atomic E-state index is 5.37. The van der Waals surface area contributed by atoms with Crippen LogP contribution in [0.5, 0.6) is 0 Å². The van der Waals surface area contributed by atoms with Gasteiger partial charge in [0.25, 0.3) is 0 Å². The minimum atomic E-state index is 0.380. The van der Waals surface area contributed by atoms with Gasteiger partial charge in [-0.15, -0.1) is 0 Å². The van der Waals surface area contributed by atoms with E-state index in [0.29, 0.717) is 16.9 Å². The number of rotatable bonds is 0. The zero-order valence-corrected chi connectivity index (χ0v) is 7.69. The molecule has 1 fully saturated rings. The van der Waals surface area contributed by atoms with E-state index in [-0.39, 0.29) is 0 Å². The maximum Gasteiger partial charge on any atom is 0.0627 e. The summed E-state index contributed by atoms with van der Waals surface area (Å²) in [5, 5.41) is 0. The van der Waals surface area contributed by atoms with Crippen LogP contribution in [0.15, 0.2) is 0 Å². The van der Waals surface area contributed by atoms with E-state index in [1.54, 1.807) is 0 Å². The summed E-state index contributed by atoms with van der Waals surface area (Å²) in [6.07, 6.45) is 0.438. The molecule has 1 nitrogen and oxygen atoms in total. The highest BCUT2D eigenvalue weighted by atomic mass is 16.5. The van der Waals surface area contributed by atoms with E-state index < -0.39 is 0 Å². The lowest BCUT2D eigenvalue weighted by molar-refractivity contribution is -0.215. The minimum absolute atomic E-state index is 0.380. The van der Waals surface area contributed by atoms with Crippen molar-refractivity contribution in [2.24, 2.45) is 10.8 Å². The summed E-state index contributed by atoms with van der Waals surface area (Å²) in [6.45, 7) is 12.2. The van der Waals surface area contributed by atoms with E-state index in [9.17, 15) is 0 Å².